The summed E-state index contributed by atoms with van der Waals surface area (Å²) < 4.78 is 53.6. The predicted molar refractivity (Wildman–Crippen MR) is 83.7 cm³/mol. The van der Waals surface area contributed by atoms with Gasteiger partial charge >= 0.3 is 6.18 Å². The molecule has 0 saturated carbocycles. The van der Waals surface area contributed by atoms with Gasteiger partial charge < -0.3 is 0 Å². The van der Waals surface area contributed by atoms with Crippen LogP contribution in [-0.2, 0) is 12.6 Å². The van der Waals surface area contributed by atoms with Crippen molar-refractivity contribution in [3.63, 3.8) is 0 Å². The molecule has 0 aliphatic rings. The Bertz CT molecular complexity index is 1040. The van der Waals surface area contributed by atoms with Crippen molar-refractivity contribution in [2.24, 2.45) is 0 Å². The van der Waals surface area contributed by atoms with E-state index in [1.54, 1.807) is 6.92 Å². The molecule has 0 amide bonds. The number of nitrogens with zero attached hydrogens (tertiary/aromatic N) is 2. The highest BCUT2D eigenvalue weighted by Gasteiger charge is 2.34. The quantitative estimate of drug-likeness (QED) is 0.523. The second-order valence-corrected chi connectivity index (χ2v) is 6.50. The smallest absolute Gasteiger partial charge is 0.296 e. The molecular weight excluding hydrogens is 360 g/mol. The lowest BCUT2D eigenvalue weighted by atomic mass is 10.0. The summed E-state index contributed by atoms with van der Waals surface area (Å²) in [6, 6.07) is 4.06. The number of halogens is 4. The van der Waals surface area contributed by atoms with Gasteiger partial charge in [-0.3, -0.25) is 9.59 Å². The van der Waals surface area contributed by atoms with E-state index in [2.05, 4.69) is 4.98 Å². The number of carbonyl (C=O) groups excluding carboxylic acids is 1. The molecule has 4 nitrogen and oxygen atoms in total. The highest BCUT2D eigenvalue weighted by atomic mass is 32.1. The van der Waals surface area contributed by atoms with Gasteiger partial charge in [0.1, 0.15) is 11.5 Å². The molecule has 0 atom stereocenters. The summed E-state index contributed by atoms with van der Waals surface area (Å²) in [6.07, 6.45) is -4.54. The number of benzene rings is 1. The zero-order chi connectivity index (χ0) is 18.4. The van der Waals surface area contributed by atoms with Crippen LogP contribution < -0.4 is 5.56 Å². The molecular formula is C16H10F4N2O2S. The van der Waals surface area contributed by atoms with Crippen LogP contribution in [0.5, 0.6) is 0 Å². The second kappa shape index (κ2) is 6.07. The third-order valence-electron chi connectivity index (χ3n) is 3.65. The number of fused-ring (bicyclic) bond motifs is 1. The van der Waals surface area contributed by atoms with Crippen LogP contribution in [0.2, 0.25) is 0 Å². The number of aryl methyl sites for hydroxylation is 1. The van der Waals surface area contributed by atoms with Gasteiger partial charge in [-0.1, -0.05) is 12.1 Å². The van der Waals surface area contributed by atoms with Crippen LogP contribution in [0.25, 0.3) is 4.96 Å². The van der Waals surface area contributed by atoms with E-state index < -0.39 is 23.1 Å². The number of aromatic nitrogens is 2. The van der Waals surface area contributed by atoms with Crippen LogP contribution in [0.1, 0.15) is 32.2 Å². The molecule has 0 N–H and O–H groups in total. The fourth-order valence-corrected chi connectivity index (χ4v) is 3.46. The molecule has 0 aliphatic heterocycles. The Morgan fingerprint density at radius 2 is 2.04 bits per heavy atom. The second-order valence-electron chi connectivity index (χ2n) is 5.32. The molecule has 3 rings (SSSR count). The summed E-state index contributed by atoms with van der Waals surface area (Å²) in [5.41, 5.74) is -1.82. The van der Waals surface area contributed by atoms with Crippen LogP contribution in [0.4, 0.5) is 17.6 Å². The average molecular weight is 370 g/mol. The number of hydrogen-bond donors (Lipinski definition) is 0. The zero-order valence-corrected chi connectivity index (χ0v) is 13.5. The zero-order valence-electron chi connectivity index (χ0n) is 12.7. The summed E-state index contributed by atoms with van der Waals surface area (Å²) >= 11 is 1.10. The number of alkyl halides is 3. The fourth-order valence-electron chi connectivity index (χ4n) is 2.50. The van der Waals surface area contributed by atoms with Crippen molar-refractivity contribution >= 4 is 22.6 Å². The summed E-state index contributed by atoms with van der Waals surface area (Å²) in [6.45, 7) is 1.65. The van der Waals surface area contributed by atoms with Crippen LogP contribution in [0.3, 0.4) is 0 Å². The van der Waals surface area contributed by atoms with Crippen molar-refractivity contribution in [1.82, 2.24) is 9.38 Å². The van der Waals surface area contributed by atoms with Gasteiger partial charge in [-0.25, -0.2) is 13.8 Å². The molecule has 0 fully saturated rings. The first kappa shape index (κ1) is 17.3. The van der Waals surface area contributed by atoms with Gasteiger partial charge in [-0.15, -0.1) is 11.3 Å². The summed E-state index contributed by atoms with van der Waals surface area (Å²) in [7, 11) is 0. The minimum Gasteiger partial charge on any atom is -0.296 e. The number of hydrogen-bond acceptors (Lipinski definition) is 4. The molecule has 2 aromatic heterocycles. The predicted octanol–water partition coefficient (Wildman–Crippen LogP) is 3.63. The molecule has 0 aliphatic carbocycles. The monoisotopic (exact) mass is 370 g/mol. The summed E-state index contributed by atoms with van der Waals surface area (Å²) in [4.78, 5) is 28.2. The molecule has 1 aromatic carbocycles. The maximum atomic E-state index is 14.1. The van der Waals surface area contributed by atoms with E-state index in [9.17, 15) is 27.2 Å². The molecule has 0 saturated heterocycles. The van der Waals surface area contributed by atoms with Crippen LogP contribution in [-0.4, -0.2) is 15.7 Å². The first-order valence-corrected chi connectivity index (χ1v) is 7.86. The SMILES string of the molecule is Cc1sc2nc(Cc3cccc(C(F)(F)F)c3F)cc(=O)n2c1C=O. The molecule has 25 heavy (non-hydrogen) atoms. The Hall–Kier alpha value is -2.55. The van der Waals surface area contributed by atoms with Crippen LogP contribution in [0.15, 0.2) is 29.1 Å². The Balaban J connectivity index is 2.08. The molecule has 3 aromatic rings. The van der Waals surface area contributed by atoms with Gasteiger partial charge in [0.15, 0.2) is 11.2 Å². The van der Waals surface area contributed by atoms with E-state index in [4.69, 9.17) is 0 Å². The van der Waals surface area contributed by atoms with Gasteiger partial charge in [-0.05, 0) is 18.6 Å². The Morgan fingerprint density at radius 1 is 1.32 bits per heavy atom. The Morgan fingerprint density at radius 3 is 2.68 bits per heavy atom. The normalized spacial score (nSPS) is 11.9. The summed E-state index contributed by atoms with van der Waals surface area (Å²) in [5.74, 6) is -1.38. The lowest BCUT2D eigenvalue weighted by Crippen LogP contribution is -2.17. The van der Waals surface area contributed by atoms with E-state index >= 15 is 0 Å². The highest BCUT2D eigenvalue weighted by Crippen LogP contribution is 2.32. The van der Waals surface area contributed by atoms with Crippen LogP contribution in [0, 0.1) is 12.7 Å². The van der Waals surface area contributed by atoms with Gasteiger partial charge in [0, 0.05) is 17.4 Å². The van der Waals surface area contributed by atoms with Gasteiger partial charge in [0.05, 0.1) is 11.3 Å². The average Bonchev–Trinajstić information content (AvgIpc) is 2.84. The van der Waals surface area contributed by atoms with E-state index in [1.165, 1.54) is 6.07 Å². The third-order valence-corrected chi connectivity index (χ3v) is 4.63. The van der Waals surface area contributed by atoms with Crippen molar-refractivity contribution in [2.45, 2.75) is 19.5 Å². The molecule has 0 spiro atoms. The maximum absolute atomic E-state index is 14.1. The first-order valence-electron chi connectivity index (χ1n) is 7.04. The number of carbonyl (C=O) groups is 1. The van der Waals surface area contributed by atoms with E-state index in [-0.39, 0.29) is 28.3 Å². The first-order chi connectivity index (χ1) is 11.7. The third kappa shape index (κ3) is 3.07. The van der Waals surface area contributed by atoms with Crippen molar-refractivity contribution < 1.29 is 22.4 Å². The maximum Gasteiger partial charge on any atom is 0.419 e. The Kier molecular flexibility index (Phi) is 4.19. The van der Waals surface area contributed by atoms with E-state index in [1.807, 2.05) is 0 Å². The molecule has 130 valence electrons. The lowest BCUT2D eigenvalue weighted by Gasteiger charge is -2.11. The number of aldehydes is 1. The molecule has 0 bridgehead atoms. The topological polar surface area (TPSA) is 51.4 Å². The van der Waals surface area contributed by atoms with E-state index in [0.717, 1.165) is 27.9 Å². The van der Waals surface area contributed by atoms with Crippen molar-refractivity contribution in [1.29, 1.82) is 0 Å². The number of rotatable bonds is 3. The molecule has 0 unspecified atom stereocenters. The van der Waals surface area contributed by atoms with Crippen molar-refractivity contribution in [3.8, 4) is 0 Å². The van der Waals surface area contributed by atoms with Gasteiger partial charge in [0.25, 0.3) is 5.56 Å². The molecule has 9 heteroatoms. The van der Waals surface area contributed by atoms with Crippen molar-refractivity contribution in [3.05, 3.63) is 67.8 Å². The van der Waals surface area contributed by atoms with Crippen molar-refractivity contribution in [2.75, 3.05) is 0 Å². The standard InChI is InChI=1S/C16H10F4N2O2S/c1-8-12(7-23)22-13(24)6-10(21-15(22)25-8)5-9-3-2-4-11(14(9)17)16(18,19)20/h2-4,6-7H,5H2,1H3. The molecule has 2 heterocycles. The van der Waals surface area contributed by atoms with Gasteiger partial charge in [0.2, 0.25) is 0 Å². The fraction of sp³-hybridized carbons (Fsp3) is 0.188. The largest absolute Gasteiger partial charge is 0.419 e. The van der Waals surface area contributed by atoms with E-state index in [0.29, 0.717) is 17.2 Å². The Labute approximate surface area is 142 Å². The number of thiazole rings is 1. The minimum absolute atomic E-state index is 0.127. The minimum atomic E-state index is -4.80. The summed E-state index contributed by atoms with van der Waals surface area (Å²) in [5, 5.41) is 0. The lowest BCUT2D eigenvalue weighted by molar-refractivity contribution is -0.140. The van der Waals surface area contributed by atoms with Gasteiger partial charge in [-0.2, -0.15) is 13.2 Å². The highest BCUT2D eigenvalue weighted by molar-refractivity contribution is 7.17. The molecule has 0 radical (unpaired) electrons. The van der Waals surface area contributed by atoms with Crippen LogP contribution >= 0.6 is 11.3 Å².